The zero-order valence-electron chi connectivity index (χ0n) is 10.2. The Morgan fingerprint density at radius 3 is 2.60 bits per heavy atom. The molecule has 1 heterocycles. The van der Waals surface area contributed by atoms with Crippen LogP contribution in [0.3, 0.4) is 0 Å². The summed E-state index contributed by atoms with van der Waals surface area (Å²) in [5.41, 5.74) is 1.27. The Balaban J connectivity index is 2.94. The van der Waals surface area contributed by atoms with E-state index in [2.05, 4.69) is 37.0 Å². The van der Waals surface area contributed by atoms with Crippen molar-refractivity contribution in [3.05, 3.63) is 35.4 Å². The first-order valence-corrected chi connectivity index (χ1v) is 5.68. The van der Waals surface area contributed by atoms with Crippen molar-refractivity contribution >= 4 is 0 Å². The first-order chi connectivity index (χ1) is 7.22. The molecule has 0 aromatic rings. The van der Waals surface area contributed by atoms with E-state index in [9.17, 15) is 0 Å². The van der Waals surface area contributed by atoms with E-state index in [0.29, 0.717) is 0 Å². The van der Waals surface area contributed by atoms with Crippen molar-refractivity contribution in [2.24, 2.45) is 0 Å². The second-order valence-electron chi connectivity index (χ2n) is 3.62. The summed E-state index contributed by atoms with van der Waals surface area (Å²) >= 11 is 0. The van der Waals surface area contributed by atoms with E-state index < -0.39 is 0 Å². The summed E-state index contributed by atoms with van der Waals surface area (Å²) in [7, 11) is 0. The highest BCUT2D eigenvalue weighted by molar-refractivity contribution is 5.28. The van der Waals surface area contributed by atoms with Crippen LogP contribution in [0.25, 0.3) is 0 Å². The lowest BCUT2D eigenvalue weighted by Gasteiger charge is -2.28. The van der Waals surface area contributed by atoms with Crippen LogP contribution >= 0.6 is 0 Å². The molecule has 0 atom stereocenters. The van der Waals surface area contributed by atoms with Gasteiger partial charge < -0.3 is 9.64 Å². The zero-order valence-corrected chi connectivity index (χ0v) is 10.2. The van der Waals surface area contributed by atoms with Crippen LogP contribution < -0.4 is 0 Å². The summed E-state index contributed by atoms with van der Waals surface area (Å²) in [5.74, 6) is 2.03. The van der Waals surface area contributed by atoms with Crippen LogP contribution in [0.2, 0.25) is 0 Å². The van der Waals surface area contributed by atoms with Crippen molar-refractivity contribution < 1.29 is 4.74 Å². The van der Waals surface area contributed by atoms with Gasteiger partial charge in [-0.25, -0.2) is 0 Å². The molecule has 0 aromatic heterocycles. The third-order valence-electron chi connectivity index (χ3n) is 2.56. The lowest BCUT2D eigenvalue weighted by atomic mass is 10.1. The molecule has 2 nitrogen and oxygen atoms in total. The maximum atomic E-state index is 5.81. The van der Waals surface area contributed by atoms with Crippen molar-refractivity contribution in [2.45, 2.75) is 34.1 Å². The highest BCUT2D eigenvalue weighted by Gasteiger charge is 2.16. The van der Waals surface area contributed by atoms with Crippen molar-refractivity contribution in [1.82, 2.24) is 4.90 Å². The normalized spacial score (nSPS) is 16.7. The van der Waals surface area contributed by atoms with Crippen LogP contribution in [0.1, 0.15) is 34.1 Å². The SMILES string of the molecule is C/C=C\C1=C(N(CC)CC)OC(C)=CC1. The van der Waals surface area contributed by atoms with E-state index in [4.69, 9.17) is 4.74 Å². The van der Waals surface area contributed by atoms with Gasteiger partial charge in [-0.3, -0.25) is 0 Å². The Bertz CT molecular complexity index is 296. The van der Waals surface area contributed by atoms with Crippen molar-refractivity contribution in [3.63, 3.8) is 0 Å². The molecule has 15 heavy (non-hydrogen) atoms. The van der Waals surface area contributed by atoms with Crippen molar-refractivity contribution in [1.29, 1.82) is 0 Å². The molecular formula is C13H21NO. The third kappa shape index (κ3) is 2.88. The van der Waals surface area contributed by atoms with Crippen LogP contribution in [0.5, 0.6) is 0 Å². The van der Waals surface area contributed by atoms with Gasteiger partial charge in [-0.1, -0.05) is 12.2 Å². The maximum absolute atomic E-state index is 5.81. The largest absolute Gasteiger partial charge is 0.446 e. The first kappa shape index (κ1) is 11.9. The lowest BCUT2D eigenvalue weighted by molar-refractivity contribution is 0.163. The van der Waals surface area contributed by atoms with Crippen molar-refractivity contribution in [3.8, 4) is 0 Å². The minimum absolute atomic E-state index is 0.974. The number of ether oxygens (including phenoxy) is 1. The molecule has 1 rings (SSSR count). The Labute approximate surface area is 92.9 Å². The molecule has 0 amide bonds. The molecule has 0 aliphatic carbocycles. The third-order valence-corrected chi connectivity index (χ3v) is 2.56. The number of rotatable bonds is 4. The van der Waals surface area contributed by atoms with Gasteiger partial charge in [0.25, 0.3) is 0 Å². The topological polar surface area (TPSA) is 12.5 Å². The van der Waals surface area contributed by atoms with Gasteiger partial charge in [0.2, 0.25) is 0 Å². The van der Waals surface area contributed by atoms with Crippen LogP contribution in [-0.2, 0) is 4.74 Å². The molecule has 84 valence electrons. The molecule has 1 aliphatic rings. The van der Waals surface area contributed by atoms with E-state index in [0.717, 1.165) is 31.2 Å². The predicted octanol–water partition coefficient (Wildman–Crippen LogP) is 3.44. The molecule has 0 fully saturated rings. The van der Waals surface area contributed by atoms with E-state index in [1.807, 2.05) is 13.8 Å². The molecule has 0 saturated carbocycles. The van der Waals surface area contributed by atoms with Crippen LogP contribution in [0.15, 0.2) is 35.4 Å². The van der Waals surface area contributed by atoms with Gasteiger partial charge in [-0.05, 0) is 40.2 Å². The Kier molecular flexibility index (Phi) is 4.47. The summed E-state index contributed by atoms with van der Waals surface area (Å²) in [6.07, 6.45) is 7.30. The minimum atomic E-state index is 0.974. The van der Waals surface area contributed by atoms with Crippen LogP contribution in [0.4, 0.5) is 0 Å². The Morgan fingerprint density at radius 1 is 1.40 bits per heavy atom. The van der Waals surface area contributed by atoms with Gasteiger partial charge >= 0.3 is 0 Å². The summed E-state index contributed by atoms with van der Waals surface area (Å²) in [4.78, 5) is 2.26. The van der Waals surface area contributed by atoms with E-state index in [-0.39, 0.29) is 0 Å². The van der Waals surface area contributed by atoms with Crippen LogP contribution in [0, 0.1) is 0 Å². The highest BCUT2D eigenvalue weighted by atomic mass is 16.5. The van der Waals surface area contributed by atoms with E-state index in [1.54, 1.807) is 0 Å². The Hall–Kier alpha value is -1.18. The zero-order chi connectivity index (χ0) is 11.3. The number of allylic oxidation sites excluding steroid dienone is 5. The molecule has 0 unspecified atom stereocenters. The van der Waals surface area contributed by atoms with Gasteiger partial charge in [-0.15, -0.1) is 0 Å². The standard InChI is InChI=1S/C13H21NO/c1-5-8-12-10-9-11(4)15-13(12)14(6-2)7-3/h5,8-9H,6-7,10H2,1-4H3/b8-5-. The van der Waals surface area contributed by atoms with Crippen LogP contribution in [-0.4, -0.2) is 18.0 Å². The van der Waals surface area contributed by atoms with Gasteiger partial charge in [0.05, 0.1) is 5.76 Å². The van der Waals surface area contributed by atoms with Crippen molar-refractivity contribution in [2.75, 3.05) is 13.1 Å². The second-order valence-corrected chi connectivity index (χ2v) is 3.62. The first-order valence-electron chi connectivity index (χ1n) is 5.68. The van der Waals surface area contributed by atoms with Gasteiger partial charge in [0.1, 0.15) is 0 Å². The fourth-order valence-electron chi connectivity index (χ4n) is 1.72. The molecule has 0 spiro atoms. The fourth-order valence-corrected chi connectivity index (χ4v) is 1.72. The molecule has 0 saturated heterocycles. The molecule has 0 bridgehead atoms. The number of hydrogen-bond donors (Lipinski definition) is 0. The quantitative estimate of drug-likeness (QED) is 0.700. The molecule has 2 heteroatoms. The van der Waals surface area contributed by atoms with Gasteiger partial charge in [0.15, 0.2) is 5.88 Å². The lowest BCUT2D eigenvalue weighted by Crippen LogP contribution is -2.26. The van der Waals surface area contributed by atoms with E-state index >= 15 is 0 Å². The molecule has 0 aromatic carbocycles. The van der Waals surface area contributed by atoms with Gasteiger partial charge in [0, 0.05) is 18.7 Å². The highest BCUT2D eigenvalue weighted by Crippen LogP contribution is 2.25. The molecule has 0 N–H and O–H groups in total. The Morgan fingerprint density at radius 2 is 2.07 bits per heavy atom. The average molecular weight is 207 g/mol. The fraction of sp³-hybridized carbons (Fsp3) is 0.538. The van der Waals surface area contributed by atoms with E-state index in [1.165, 1.54) is 5.57 Å². The number of nitrogens with zero attached hydrogens (tertiary/aromatic N) is 1. The average Bonchev–Trinajstić information content (AvgIpc) is 2.24. The van der Waals surface area contributed by atoms with Gasteiger partial charge in [-0.2, -0.15) is 0 Å². The molecular weight excluding hydrogens is 186 g/mol. The maximum Gasteiger partial charge on any atom is 0.198 e. The monoisotopic (exact) mass is 207 g/mol. The summed E-state index contributed by atoms with van der Waals surface area (Å²) < 4.78 is 5.81. The molecule has 0 radical (unpaired) electrons. The summed E-state index contributed by atoms with van der Waals surface area (Å²) in [6.45, 7) is 10.3. The molecule has 1 aliphatic heterocycles. The number of hydrogen-bond acceptors (Lipinski definition) is 2. The minimum Gasteiger partial charge on any atom is -0.446 e. The second kappa shape index (κ2) is 5.64. The summed E-state index contributed by atoms with van der Waals surface area (Å²) in [5, 5.41) is 0. The smallest absolute Gasteiger partial charge is 0.198 e. The summed E-state index contributed by atoms with van der Waals surface area (Å²) in [6, 6.07) is 0. The predicted molar refractivity (Wildman–Crippen MR) is 64.2 cm³/mol.